The number of fused-ring (bicyclic) bond motifs is 1. The van der Waals surface area contributed by atoms with E-state index in [1.54, 1.807) is 23.1 Å². The van der Waals surface area contributed by atoms with Crippen molar-refractivity contribution in [3.63, 3.8) is 0 Å². The smallest absolute Gasteiger partial charge is 0.313 e. The van der Waals surface area contributed by atoms with Gasteiger partial charge in [0, 0.05) is 30.9 Å². The molecule has 0 aliphatic carbocycles. The molecular weight excluding hydrogens is 300 g/mol. The van der Waals surface area contributed by atoms with Gasteiger partial charge in [0.25, 0.3) is 0 Å². The number of rotatable bonds is 3. The third-order valence-electron chi connectivity index (χ3n) is 4.18. The number of piperidine rings is 1. The minimum atomic E-state index is -0.672. The average molecular weight is 320 g/mol. The molecule has 2 aliphatic rings. The van der Waals surface area contributed by atoms with E-state index in [4.69, 9.17) is 14.6 Å². The summed E-state index contributed by atoms with van der Waals surface area (Å²) in [6.07, 6.45) is 3.22. The summed E-state index contributed by atoms with van der Waals surface area (Å²) in [6.45, 7) is 0.721. The zero-order valence-corrected chi connectivity index (χ0v) is 12.8. The highest BCUT2D eigenvalue weighted by molar-refractivity contribution is 6.39. The van der Waals surface area contributed by atoms with Gasteiger partial charge in [-0.1, -0.05) is 0 Å². The van der Waals surface area contributed by atoms with Crippen molar-refractivity contribution in [1.29, 1.82) is 0 Å². The number of nitrogens with zero attached hydrogens (tertiary/aromatic N) is 1. The van der Waals surface area contributed by atoms with Gasteiger partial charge in [0.15, 0.2) is 11.5 Å². The first-order valence-corrected chi connectivity index (χ1v) is 7.81. The second-order valence-corrected chi connectivity index (χ2v) is 5.68. The first-order valence-electron chi connectivity index (χ1n) is 7.81. The summed E-state index contributed by atoms with van der Waals surface area (Å²) in [5.74, 6) is -0.0609. The molecule has 1 fully saturated rings. The Morgan fingerprint density at radius 2 is 2.09 bits per heavy atom. The number of likely N-dealkylation sites (tertiary alicyclic amines) is 1. The van der Waals surface area contributed by atoms with Crippen molar-refractivity contribution in [1.82, 2.24) is 4.90 Å². The van der Waals surface area contributed by atoms with Crippen LogP contribution in [0.4, 0.5) is 5.69 Å². The summed E-state index contributed by atoms with van der Waals surface area (Å²) in [5.41, 5.74) is 0.489. The van der Waals surface area contributed by atoms with Crippen LogP contribution in [0.15, 0.2) is 18.2 Å². The Bertz CT molecular complexity index is 602. The van der Waals surface area contributed by atoms with Crippen molar-refractivity contribution in [3.8, 4) is 11.5 Å². The summed E-state index contributed by atoms with van der Waals surface area (Å²) in [7, 11) is 0. The first kappa shape index (κ1) is 15.6. The Kier molecular flexibility index (Phi) is 4.66. The Balaban J connectivity index is 1.66. The molecule has 1 aromatic rings. The van der Waals surface area contributed by atoms with E-state index < -0.39 is 11.8 Å². The lowest BCUT2D eigenvalue weighted by atomic mass is 9.99. The molecule has 0 radical (unpaired) electrons. The standard InChI is InChI=1S/C16H20N2O5/c19-8-6-12-3-1-2-7-18(12)16(21)15(20)17-11-4-5-13-14(9-11)23-10-22-13/h4-5,9,12,19H,1-3,6-8,10H2,(H,17,20). The van der Waals surface area contributed by atoms with Crippen LogP contribution in [0.2, 0.25) is 0 Å². The molecule has 7 heteroatoms. The van der Waals surface area contributed by atoms with Gasteiger partial charge in [-0.2, -0.15) is 0 Å². The number of aliphatic hydroxyl groups excluding tert-OH is 1. The van der Waals surface area contributed by atoms with E-state index >= 15 is 0 Å². The quantitative estimate of drug-likeness (QED) is 0.815. The molecule has 0 bridgehead atoms. The Hall–Kier alpha value is -2.28. The molecule has 1 saturated heterocycles. The van der Waals surface area contributed by atoms with Gasteiger partial charge >= 0.3 is 11.8 Å². The molecule has 2 heterocycles. The number of carbonyl (C=O) groups is 2. The normalized spacial score (nSPS) is 19.5. The van der Waals surface area contributed by atoms with Gasteiger partial charge in [0.05, 0.1) is 0 Å². The lowest BCUT2D eigenvalue weighted by Gasteiger charge is -2.35. The second-order valence-electron chi connectivity index (χ2n) is 5.68. The van der Waals surface area contributed by atoms with Gasteiger partial charge in [-0.25, -0.2) is 0 Å². The average Bonchev–Trinajstić information content (AvgIpc) is 3.02. The maximum atomic E-state index is 12.4. The largest absolute Gasteiger partial charge is 0.454 e. The molecule has 1 aromatic carbocycles. The molecule has 3 rings (SSSR count). The topological polar surface area (TPSA) is 88.1 Å². The highest BCUT2D eigenvalue weighted by Gasteiger charge is 2.30. The van der Waals surface area contributed by atoms with Crippen LogP contribution in [0, 0.1) is 0 Å². The van der Waals surface area contributed by atoms with Gasteiger partial charge in [-0.05, 0) is 37.8 Å². The van der Waals surface area contributed by atoms with Gasteiger partial charge in [0.2, 0.25) is 6.79 Å². The maximum Gasteiger partial charge on any atom is 0.313 e. The monoisotopic (exact) mass is 320 g/mol. The molecule has 124 valence electrons. The van der Waals surface area contributed by atoms with E-state index in [0.717, 1.165) is 19.3 Å². The maximum absolute atomic E-state index is 12.4. The molecule has 2 N–H and O–H groups in total. The van der Waals surface area contributed by atoms with Crippen molar-refractivity contribution in [3.05, 3.63) is 18.2 Å². The van der Waals surface area contributed by atoms with Gasteiger partial charge < -0.3 is 24.8 Å². The van der Waals surface area contributed by atoms with Crippen molar-refractivity contribution in [2.45, 2.75) is 31.7 Å². The summed E-state index contributed by atoms with van der Waals surface area (Å²) < 4.78 is 10.5. The highest BCUT2D eigenvalue weighted by Crippen LogP contribution is 2.34. The zero-order valence-electron chi connectivity index (χ0n) is 12.8. The molecule has 0 saturated carbocycles. The number of ether oxygens (including phenoxy) is 2. The van der Waals surface area contributed by atoms with Crippen LogP contribution in [-0.4, -0.2) is 47.8 Å². The predicted octanol–water partition coefficient (Wildman–Crippen LogP) is 1.12. The van der Waals surface area contributed by atoms with Crippen molar-refractivity contribution in [2.75, 3.05) is 25.3 Å². The van der Waals surface area contributed by atoms with E-state index in [1.807, 2.05) is 0 Å². The van der Waals surface area contributed by atoms with Gasteiger partial charge in [-0.15, -0.1) is 0 Å². The van der Waals surface area contributed by atoms with Crippen LogP contribution in [0.25, 0.3) is 0 Å². The zero-order chi connectivity index (χ0) is 16.2. The third kappa shape index (κ3) is 3.39. The number of amides is 2. The Morgan fingerprint density at radius 3 is 2.91 bits per heavy atom. The number of anilines is 1. The minimum absolute atomic E-state index is 0.0121. The number of carbonyl (C=O) groups excluding carboxylic acids is 2. The van der Waals surface area contributed by atoms with Crippen LogP contribution in [0.1, 0.15) is 25.7 Å². The van der Waals surface area contributed by atoms with Crippen molar-refractivity contribution >= 4 is 17.5 Å². The van der Waals surface area contributed by atoms with E-state index in [1.165, 1.54) is 0 Å². The Labute approximate surface area is 134 Å². The van der Waals surface area contributed by atoms with Crippen LogP contribution >= 0.6 is 0 Å². The molecule has 2 aliphatic heterocycles. The summed E-state index contributed by atoms with van der Waals surface area (Å²) in [6, 6.07) is 4.93. The van der Waals surface area contributed by atoms with Gasteiger partial charge in [-0.3, -0.25) is 9.59 Å². The molecule has 2 amide bonds. The number of benzene rings is 1. The minimum Gasteiger partial charge on any atom is -0.454 e. The third-order valence-corrected chi connectivity index (χ3v) is 4.18. The van der Waals surface area contributed by atoms with Crippen LogP contribution in [0.5, 0.6) is 11.5 Å². The molecule has 23 heavy (non-hydrogen) atoms. The van der Waals surface area contributed by atoms with Gasteiger partial charge in [0.1, 0.15) is 0 Å². The molecule has 0 aromatic heterocycles. The molecule has 1 atom stereocenters. The lowest BCUT2D eigenvalue weighted by Crippen LogP contribution is -2.48. The molecule has 1 unspecified atom stereocenters. The van der Waals surface area contributed by atoms with E-state index in [0.29, 0.717) is 30.2 Å². The molecular formula is C16H20N2O5. The number of hydrogen-bond acceptors (Lipinski definition) is 5. The van der Waals surface area contributed by atoms with E-state index in [9.17, 15) is 9.59 Å². The lowest BCUT2D eigenvalue weighted by molar-refractivity contribution is -0.146. The highest BCUT2D eigenvalue weighted by atomic mass is 16.7. The fourth-order valence-corrected chi connectivity index (χ4v) is 3.01. The summed E-state index contributed by atoms with van der Waals surface area (Å²) >= 11 is 0. The van der Waals surface area contributed by atoms with Crippen LogP contribution in [0.3, 0.4) is 0 Å². The van der Waals surface area contributed by atoms with E-state index in [2.05, 4.69) is 5.32 Å². The molecule has 7 nitrogen and oxygen atoms in total. The molecule has 0 spiro atoms. The van der Waals surface area contributed by atoms with Crippen molar-refractivity contribution in [2.24, 2.45) is 0 Å². The Morgan fingerprint density at radius 1 is 1.26 bits per heavy atom. The first-order chi connectivity index (χ1) is 11.2. The fraction of sp³-hybridized carbons (Fsp3) is 0.500. The number of nitrogens with one attached hydrogen (secondary N) is 1. The number of aliphatic hydroxyl groups is 1. The van der Waals surface area contributed by atoms with Crippen LogP contribution < -0.4 is 14.8 Å². The summed E-state index contributed by atoms with van der Waals surface area (Å²) in [5, 5.41) is 11.7. The van der Waals surface area contributed by atoms with Crippen LogP contribution in [-0.2, 0) is 9.59 Å². The second kappa shape index (κ2) is 6.87. The van der Waals surface area contributed by atoms with E-state index in [-0.39, 0.29) is 19.4 Å². The predicted molar refractivity (Wildman–Crippen MR) is 82.2 cm³/mol. The number of hydrogen-bond donors (Lipinski definition) is 2. The van der Waals surface area contributed by atoms with Crippen molar-refractivity contribution < 1.29 is 24.2 Å². The SMILES string of the molecule is O=C(Nc1ccc2c(c1)OCO2)C(=O)N1CCCCC1CCO. The fourth-order valence-electron chi connectivity index (χ4n) is 3.01. The summed E-state index contributed by atoms with van der Waals surface area (Å²) in [4.78, 5) is 26.2.